The van der Waals surface area contributed by atoms with Crippen molar-refractivity contribution >= 4 is 15.9 Å². The van der Waals surface area contributed by atoms with Gasteiger partial charge in [0.25, 0.3) is 0 Å². The van der Waals surface area contributed by atoms with Crippen LogP contribution in [0.25, 0.3) is 0 Å². The minimum Gasteiger partial charge on any atom is -0.496 e. The average Bonchev–Trinajstić information content (AvgIpc) is 2.42. The number of halogens is 2. The molecule has 4 nitrogen and oxygen atoms in total. The van der Waals surface area contributed by atoms with Gasteiger partial charge in [0, 0.05) is 16.2 Å². The second kappa shape index (κ2) is 6.10. The zero-order chi connectivity index (χ0) is 13.8. The summed E-state index contributed by atoms with van der Waals surface area (Å²) in [4.78, 5) is 4.26. The van der Waals surface area contributed by atoms with Crippen LogP contribution in [0.15, 0.2) is 41.0 Å². The lowest BCUT2D eigenvalue weighted by Gasteiger charge is -2.18. The molecule has 0 saturated heterocycles. The first-order chi connectivity index (χ1) is 9.15. The van der Waals surface area contributed by atoms with Gasteiger partial charge in [-0.05, 0) is 46.3 Å². The molecule has 1 heterocycles. The van der Waals surface area contributed by atoms with E-state index in [2.05, 4.69) is 26.3 Å². The molecule has 0 radical (unpaired) electrons. The lowest BCUT2D eigenvalue weighted by atomic mass is 10.0. The Morgan fingerprint density at radius 2 is 2.16 bits per heavy atom. The molecule has 0 aliphatic rings. The zero-order valence-electron chi connectivity index (χ0n) is 10.2. The standard InChI is InChI=1S/C13H13BrFN3O/c1-19-12-5-3-9(15)6-10(12)13(18-16)11-4-2-8(14)7-17-11/h2-7,13,18H,16H2,1H3. The van der Waals surface area contributed by atoms with Crippen LogP contribution in [0.5, 0.6) is 5.75 Å². The molecule has 0 amide bonds. The van der Waals surface area contributed by atoms with Crippen molar-refractivity contribution in [3.05, 3.63) is 58.1 Å². The van der Waals surface area contributed by atoms with Crippen LogP contribution in [0, 0.1) is 5.82 Å². The maximum absolute atomic E-state index is 13.4. The molecular weight excluding hydrogens is 313 g/mol. The second-order valence-corrected chi connectivity index (χ2v) is 4.80. The molecule has 6 heteroatoms. The molecule has 1 atom stereocenters. The summed E-state index contributed by atoms with van der Waals surface area (Å²) in [5.41, 5.74) is 3.90. The second-order valence-electron chi connectivity index (χ2n) is 3.89. The van der Waals surface area contributed by atoms with E-state index in [9.17, 15) is 4.39 Å². The van der Waals surface area contributed by atoms with Gasteiger partial charge >= 0.3 is 0 Å². The molecule has 1 unspecified atom stereocenters. The highest BCUT2D eigenvalue weighted by Gasteiger charge is 2.19. The van der Waals surface area contributed by atoms with Crippen LogP contribution < -0.4 is 16.0 Å². The van der Waals surface area contributed by atoms with Gasteiger partial charge in [-0.3, -0.25) is 10.8 Å². The van der Waals surface area contributed by atoms with Crippen molar-refractivity contribution in [2.24, 2.45) is 5.84 Å². The van der Waals surface area contributed by atoms with Crippen molar-refractivity contribution in [3.8, 4) is 5.75 Å². The number of nitrogens with zero attached hydrogens (tertiary/aromatic N) is 1. The van der Waals surface area contributed by atoms with Crippen LogP contribution in [0.4, 0.5) is 4.39 Å². The van der Waals surface area contributed by atoms with Crippen molar-refractivity contribution < 1.29 is 9.13 Å². The van der Waals surface area contributed by atoms with Gasteiger partial charge in [0.2, 0.25) is 0 Å². The van der Waals surface area contributed by atoms with Crippen LogP contribution in [0.1, 0.15) is 17.3 Å². The molecule has 1 aromatic carbocycles. The number of benzene rings is 1. The van der Waals surface area contributed by atoms with Crippen LogP contribution >= 0.6 is 15.9 Å². The maximum atomic E-state index is 13.4. The SMILES string of the molecule is COc1ccc(F)cc1C(NN)c1ccc(Br)cn1. The minimum absolute atomic E-state index is 0.354. The number of methoxy groups -OCH3 is 1. The fraction of sp³-hybridized carbons (Fsp3) is 0.154. The summed E-state index contributed by atoms with van der Waals surface area (Å²) in [5, 5.41) is 0. The van der Waals surface area contributed by atoms with E-state index in [1.54, 1.807) is 18.3 Å². The number of pyridine rings is 1. The summed E-state index contributed by atoms with van der Waals surface area (Å²) in [6.45, 7) is 0. The highest BCUT2D eigenvalue weighted by molar-refractivity contribution is 9.10. The van der Waals surface area contributed by atoms with Gasteiger partial charge in [0.15, 0.2) is 0 Å². The Labute approximate surface area is 118 Å². The van der Waals surface area contributed by atoms with Gasteiger partial charge in [-0.1, -0.05) is 0 Å². The average molecular weight is 326 g/mol. The van der Waals surface area contributed by atoms with E-state index in [0.29, 0.717) is 17.0 Å². The van der Waals surface area contributed by atoms with E-state index in [-0.39, 0.29) is 5.82 Å². The smallest absolute Gasteiger partial charge is 0.124 e. The monoisotopic (exact) mass is 325 g/mol. The van der Waals surface area contributed by atoms with Crippen LogP contribution in [-0.2, 0) is 0 Å². The summed E-state index contributed by atoms with van der Waals surface area (Å²) in [6.07, 6.45) is 1.66. The first-order valence-corrected chi connectivity index (χ1v) is 6.36. The molecule has 19 heavy (non-hydrogen) atoms. The molecule has 0 bridgehead atoms. The van der Waals surface area contributed by atoms with E-state index >= 15 is 0 Å². The van der Waals surface area contributed by atoms with Crippen LogP contribution in [0.2, 0.25) is 0 Å². The minimum atomic E-state index is -0.446. The summed E-state index contributed by atoms with van der Waals surface area (Å²) in [7, 11) is 1.53. The summed E-state index contributed by atoms with van der Waals surface area (Å²) < 4.78 is 19.5. The number of hydrazine groups is 1. The summed E-state index contributed by atoms with van der Waals surface area (Å²) in [5.74, 6) is 5.77. The molecule has 0 aliphatic carbocycles. The van der Waals surface area contributed by atoms with Crippen molar-refractivity contribution in [1.82, 2.24) is 10.4 Å². The number of nitrogens with two attached hydrogens (primary N) is 1. The van der Waals surface area contributed by atoms with Gasteiger partial charge < -0.3 is 4.74 Å². The molecular formula is C13H13BrFN3O. The first kappa shape index (κ1) is 13.9. The number of hydrogen-bond donors (Lipinski definition) is 2. The van der Waals surface area contributed by atoms with Gasteiger partial charge in [-0.25, -0.2) is 9.82 Å². The number of aromatic nitrogens is 1. The van der Waals surface area contributed by atoms with E-state index in [0.717, 1.165) is 4.47 Å². The van der Waals surface area contributed by atoms with Crippen molar-refractivity contribution in [1.29, 1.82) is 0 Å². The van der Waals surface area contributed by atoms with E-state index in [4.69, 9.17) is 10.6 Å². The molecule has 3 N–H and O–H groups in total. The molecule has 0 aliphatic heterocycles. The molecule has 2 rings (SSSR count). The Kier molecular flexibility index (Phi) is 4.47. The lowest BCUT2D eigenvalue weighted by molar-refractivity contribution is 0.402. The molecule has 0 saturated carbocycles. The Hall–Kier alpha value is -1.50. The predicted octanol–water partition coefficient (Wildman–Crippen LogP) is 2.54. The third kappa shape index (κ3) is 3.09. The van der Waals surface area contributed by atoms with Crippen LogP contribution in [0.3, 0.4) is 0 Å². The summed E-state index contributed by atoms with van der Waals surface area (Å²) in [6, 6.07) is 7.49. The number of nitrogens with one attached hydrogen (secondary N) is 1. The van der Waals surface area contributed by atoms with E-state index in [1.165, 1.54) is 19.2 Å². The van der Waals surface area contributed by atoms with E-state index in [1.807, 2.05) is 6.07 Å². The largest absolute Gasteiger partial charge is 0.496 e. The molecule has 100 valence electrons. The topological polar surface area (TPSA) is 60.2 Å². The van der Waals surface area contributed by atoms with E-state index < -0.39 is 6.04 Å². The van der Waals surface area contributed by atoms with Crippen molar-refractivity contribution in [3.63, 3.8) is 0 Å². The highest BCUT2D eigenvalue weighted by Crippen LogP contribution is 2.29. The zero-order valence-corrected chi connectivity index (χ0v) is 11.8. The highest BCUT2D eigenvalue weighted by atomic mass is 79.9. The third-order valence-corrected chi connectivity index (χ3v) is 3.18. The number of hydrogen-bond acceptors (Lipinski definition) is 4. The number of ether oxygens (including phenoxy) is 1. The number of rotatable bonds is 4. The van der Waals surface area contributed by atoms with Crippen LogP contribution in [-0.4, -0.2) is 12.1 Å². The fourth-order valence-corrected chi connectivity index (χ4v) is 2.06. The Bertz CT molecular complexity index is 562. The molecule has 2 aromatic rings. The first-order valence-electron chi connectivity index (χ1n) is 5.56. The quantitative estimate of drug-likeness (QED) is 0.670. The maximum Gasteiger partial charge on any atom is 0.124 e. The summed E-state index contributed by atoms with van der Waals surface area (Å²) >= 11 is 3.31. The molecule has 0 spiro atoms. The van der Waals surface area contributed by atoms with Gasteiger partial charge in [-0.2, -0.15) is 0 Å². The third-order valence-electron chi connectivity index (χ3n) is 2.72. The van der Waals surface area contributed by atoms with Gasteiger partial charge in [0.05, 0.1) is 18.8 Å². The lowest BCUT2D eigenvalue weighted by Crippen LogP contribution is -2.29. The Morgan fingerprint density at radius 3 is 2.74 bits per heavy atom. The fourth-order valence-electron chi connectivity index (χ4n) is 1.82. The Balaban J connectivity index is 2.47. The predicted molar refractivity (Wildman–Crippen MR) is 74.1 cm³/mol. The Morgan fingerprint density at radius 1 is 1.37 bits per heavy atom. The normalized spacial score (nSPS) is 12.2. The van der Waals surface area contributed by atoms with Gasteiger partial charge in [0.1, 0.15) is 11.6 Å². The van der Waals surface area contributed by atoms with Gasteiger partial charge in [-0.15, -0.1) is 0 Å². The molecule has 0 fully saturated rings. The van der Waals surface area contributed by atoms with Crippen molar-refractivity contribution in [2.45, 2.75) is 6.04 Å². The van der Waals surface area contributed by atoms with Crippen molar-refractivity contribution in [2.75, 3.05) is 7.11 Å². The molecule has 1 aromatic heterocycles.